The third-order valence-corrected chi connectivity index (χ3v) is 9.03. The van der Waals surface area contributed by atoms with Crippen molar-refractivity contribution in [1.82, 2.24) is 0 Å². The van der Waals surface area contributed by atoms with Gasteiger partial charge in [0.2, 0.25) is 11.3 Å². The van der Waals surface area contributed by atoms with Gasteiger partial charge in [0.25, 0.3) is 0 Å². The zero-order chi connectivity index (χ0) is 54.9. The van der Waals surface area contributed by atoms with E-state index in [1.807, 2.05) is 0 Å². The van der Waals surface area contributed by atoms with Crippen LogP contribution in [0, 0.1) is 0 Å². The van der Waals surface area contributed by atoms with Crippen molar-refractivity contribution in [2.45, 2.75) is 109 Å². The summed E-state index contributed by atoms with van der Waals surface area (Å²) in [4.78, 5) is 32.9. The molecule has 0 saturated heterocycles. The Hall–Kier alpha value is -4.02. The van der Waals surface area contributed by atoms with Crippen LogP contribution in [0.15, 0.2) is 38.0 Å². The van der Waals surface area contributed by atoms with Gasteiger partial charge in [0.15, 0.2) is 19.0 Å². The number of ketones is 1. The maximum atomic E-state index is 16.3. The average Bonchev–Trinajstić information content (AvgIpc) is 3.22. The van der Waals surface area contributed by atoms with Crippen molar-refractivity contribution >= 4 is 17.7 Å². The predicted octanol–water partition coefficient (Wildman–Crippen LogP) is 9.53. The van der Waals surface area contributed by atoms with Gasteiger partial charge in [-0.25, -0.2) is 22.8 Å². The molecule has 0 aromatic heterocycles. The Morgan fingerprint density at radius 1 is 0.500 bits per heavy atom. The summed E-state index contributed by atoms with van der Waals surface area (Å²) in [5.74, 6) is -36.0. The van der Waals surface area contributed by atoms with E-state index in [0.717, 1.165) is 0 Å². The quantitative estimate of drug-likeness (QED) is 0.0270. The first kappa shape index (κ1) is 64.0. The first-order valence-corrected chi connectivity index (χ1v) is 18.8. The monoisotopic (exact) mass is 1080 g/mol. The molecule has 1 saturated carbocycles. The minimum absolute atomic E-state index is 0.0693. The molecule has 1 aliphatic carbocycles. The highest BCUT2D eigenvalue weighted by Crippen LogP contribution is 2.68. The summed E-state index contributed by atoms with van der Waals surface area (Å²) < 4.78 is 366. The molecule has 1 rings (SSSR count). The lowest BCUT2D eigenvalue weighted by molar-refractivity contribution is -0.492. The van der Waals surface area contributed by atoms with E-state index in [2.05, 4.69) is 57.6 Å². The average molecular weight is 1080 g/mol. The van der Waals surface area contributed by atoms with Crippen molar-refractivity contribution in [2.75, 3.05) is 59.5 Å². The molecule has 0 radical (unpaired) electrons. The van der Waals surface area contributed by atoms with Crippen molar-refractivity contribution < 1.29 is 153 Å². The molecule has 408 valence electrons. The molecule has 0 N–H and O–H groups in total. The van der Waals surface area contributed by atoms with Gasteiger partial charge in [0.05, 0.1) is 45.9 Å². The molecule has 70 heavy (non-hydrogen) atoms. The van der Waals surface area contributed by atoms with Gasteiger partial charge in [0.1, 0.15) is 0 Å². The van der Waals surface area contributed by atoms with Crippen molar-refractivity contribution in [1.29, 1.82) is 0 Å². The Morgan fingerprint density at radius 3 is 1.21 bits per heavy atom. The normalized spacial score (nSPS) is 22.6. The topological polar surface area (TPSA) is 125 Å². The Bertz CT molecular complexity index is 1730. The second-order valence-corrected chi connectivity index (χ2v) is 14.4. The summed E-state index contributed by atoms with van der Waals surface area (Å²) in [6.07, 6.45) is -41.9. The third kappa shape index (κ3) is 14.4. The summed E-state index contributed by atoms with van der Waals surface area (Å²) in [5.41, 5.74) is -19.3. The number of allylic oxidation sites excluding steroid dienone is 1. The van der Waals surface area contributed by atoms with Crippen molar-refractivity contribution in [3.8, 4) is 0 Å². The van der Waals surface area contributed by atoms with Crippen LogP contribution in [0.1, 0.15) is 32.1 Å². The maximum absolute atomic E-state index is 16.3. The lowest BCUT2D eigenvalue weighted by atomic mass is 9.64. The van der Waals surface area contributed by atoms with E-state index in [9.17, 15) is 75.8 Å². The zero-order valence-electron chi connectivity index (χ0n) is 34.9. The number of esters is 2. The van der Waals surface area contributed by atoms with E-state index in [0.29, 0.717) is 0 Å². The molecule has 0 spiro atoms. The molecule has 11 nitrogen and oxygen atoms in total. The third-order valence-electron chi connectivity index (χ3n) is 9.03. The lowest BCUT2D eigenvalue weighted by Gasteiger charge is -2.55. The first-order chi connectivity index (χ1) is 31.4. The predicted molar refractivity (Wildman–Crippen MR) is 182 cm³/mol. The molecular weight excluding hydrogens is 1050 g/mol. The number of carbonyl (C=O) groups is 3. The van der Waals surface area contributed by atoms with Crippen LogP contribution in [0.3, 0.4) is 0 Å². The number of ether oxygens (including phenoxy) is 8. The SMILES string of the molecule is C=CC(=O)CC(F)(F)C(F)(F)OCCC(F)(F)OC(F)(F)C1(F)C(F)(F)C(F)(COCCCOC(F)(F)C(F)(F)COC(=O)C=C)CC(F)(COCCCOC(F)(F)C(F)(F)COC(=O)C=C)C1(F)F. The van der Waals surface area contributed by atoms with Gasteiger partial charge in [-0.1, -0.05) is 19.7 Å². The number of halogens is 23. The molecule has 0 aromatic rings. The molecule has 0 bridgehead atoms. The van der Waals surface area contributed by atoms with E-state index in [1.54, 1.807) is 0 Å². The van der Waals surface area contributed by atoms with E-state index in [-0.39, 0.29) is 18.2 Å². The minimum atomic E-state index is -7.83. The van der Waals surface area contributed by atoms with Crippen molar-refractivity contribution in [3.63, 3.8) is 0 Å². The molecule has 2 atom stereocenters. The standard InChI is InChI=1S/C36H37F23O11/c1-4-21(60)15-26(39,40)33(52,53)69-14-9-29(45,46)70-36(58,59)30(47)31(48,49)24(37,17-63-10-7-12-67-34(54,55)27(41,42)19-65-22(61)5-2)16-25(38,32(30,50)51)18-64-11-8-13-68-35(56,57)28(43,44)20-66-23(62)6-3/h4-6H,1-3,7-20H2. The van der Waals surface area contributed by atoms with Crippen LogP contribution >= 0.6 is 0 Å². The molecule has 34 heteroatoms. The summed E-state index contributed by atoms with van der Waals surface area (Å²) in [6, 6.07) is 0. The summed E-state index contributed by atoms with van der Waals surface area (Å²) in [7, 11) is 0. The Morgan fingerprint density at radius 2 is 0.857 bits per heavy atom. The van der Waals surface area contributed by atoms with Crippen LogP contribution in [0.4, 0.5) is 101 Å². The van der Waals surface area contributed by atoms with E-state index >= 15 is 39.5 Å². The summed E-state index contributed by atoms with van der Waals surface area (Å²) >= 11 is 0. The maximum Gasteiger partial charge on any atom is 0.422 e. The Kier molecular flexibility index (Phi) is 20.9. The fraction of sp³-hybridized carbons (Fsp3) is 0.750. The van der Waals surface area contributed by atoms with Crippen molar-refractivity contribution in [2.24, 2.45) is 0 Å². The van der Waals surface area contributed by atoms with Gasteiger partial charge in [-0.05, 0) is 18.9 Å². The van der Waals surface area contributed by atoms with Crippen LogP contribution in [0.25, 0.3) is 0 Å². The van der Waals surface area contributed by atoms with Gasteiger partial charge in [-0.15, -0.1) is 0 Å². The molecule has 0 aromatic carbocycles. The van der Waals surface area contributed by atoms with Gasteiger partial charge in [0, 0.05) is 31.8 Å². The van der Waals surface area contributed by atoms with Crippen LogP contribution in [-0.4, -0.2) is 154 Å². The van der Waals surface area contributed by atoms with Crippen LogP contribution in [-0.2, 0) is 52.3 Å². The Balaban J connectivity index is 3.49. The molecule has 0 aliphatic heterocycles. The molecule has 2 unspecified atom stereocenters. The fourth-order valence-corrected chi connectivity index (χ4v) is 5.25. The van der Waals surface area contributed by atoms with E-state index in [4.69, 9.17) is 0 Å². The largest absolute Gasteiger partial charge is 0.456 e. The van der Waals surface area contributed by atoms with E-state index < -0.39 is 186 Å². The van der Waals surface area contributed by atoms with Crippen LogP contribution < -0.4 is 0 Å². The van der Waals surface area contributed by atoms with Gasteiger partial charge >= 0.3 is 77.8 Å². The minimum Gasteiger partial charge on any atom is -0.456 e. The highest BCUT2D eigenvalue weighted by atomic mass is 19.4. The highest BCUT2D eigenvalue weighted by Gasteiger charge is 2.96. The summed E-state index contributed by atoms with van der Waals surface area (Å²) in [5, 5.41) is 0. The van der Waals surface area contributed by atoms with Gasteiger partial charge in [-0.3, -0.25) is 9.53 Å². The molecule has 1 aliphatic rings. The number of alkyl halides is 23. The number of hydrogen-bond donors (Lipinski definition) is 0. The zero-order valence-corrected chi connectivity index (χ0v) is 34.9. The second kappa shape index (κ2) is 22.8. The lowest BCUT2D eigenvalue weighted by Crippen LogP contribution is -2.84. The van der Waals surface area contributed by atoms with Crippen LogP contribution in [0.2, 0.25) is 0 Å². The number of rotatable bonds is 33. The van der Waals surface area contributed by atoms with Crippen LogP contribution in [0.5, 0.6) is 0 Å². The van der Waals surface area contributed by atoms with Gasteiger partial charge in [-0.2, -0.15) is 87.8 Å². The molecular formula is C36H37F23O11. The van der Waals surface area contributed by atoms with Crippen molar-refractivity contribution in [3.05, 3.63) is 38.0 Å². The van der Waals surface area contributed by atoms with Gasteiger partial charge < -0.3 is 33.2 Å². The smallest absolute Gasteiger partial charge is 0.422 e. The highest BCUT2D eigenvalue weighted by molar-refractivity contribution is 5.89. The second-order valence-electron chi connectivity index (χ2n) is 14.4. The number of hydrogen-bond acceptors (Lipinski definition) is 11. The number of carbonyl (C=O) groups excluding carboxylic acids is 3. The van der Waals surface area contributed by atoms with E-state index in [1.165, 1.54) is 0 Å². The first-order valence-electron chi connectivity index (χ1n) is 18.8. The molecule has 1 fully saturated rings. The fourth-order valence-electron chi connectivity index (χ4n) is 5.25. The molecule has 0 amide bonds. The summed E-state index contributed by atoms with van der Waals surface area (Å²) in [6.45, 7) is -11.5. The molecule has 0 heterocycles. The Labute approximate surface area is 378 Å².